The lowest BCUT2D eigenvalue weighted by atomic mass is 10.1. The normalized spacial score (nSPS) is 18.0. The molecule has 0 aliphatic carbocycles. The molecule has 0 bridgehead atoms. The van der Waals surface area contributed by atoms with Gasteiger partial charge in [0.15, 0.2) is 0 Å². The number of aryl methyl sites for hydroxylation is 1. The Bertz CT molecular complexity index is 505. The molecule has 106 valence electrons. The zero-order chi connectivity index (χ0) is 13.7. The fourth-order valence-corrected chi connectivity index (χ4v) is 5.92. The minimum Gasteiger partial charge on any atom is -0.337 e. The summed E-state index contributed by atoms with van der Waals surface area (Å²) < 4.78 is 2.53. The van der Waals surface area contributed by atoms with Crippen molar-refractivity contribution in [1.29, 1.82) is 0 Å². The lowest BCUT2D eigenvalue weighted by Crippen LogP contribution is -2.29. The topological polar surface area (TPSA) is 17.8 Å². The van der Waals surface area contributed by atoms with Crippen molar-refractivity contribution in [3.63, 3.8) is 0 Å². The molecule has 2 heterocycles. The molecule has 0 saturated carbocycles. The molecular weight excluding hydrogens is 284 g/mol. The zero-order valence-corrected chi connectivity index (χ0v) is 13.2. The maximum Gasteiger partial charge on any atom is 0.0945 e. The van der Waals surface area contributed by atoms with E-state index >= 15 is 0 Å². The predicted octanol–water partition coefficient (Wildman–Crippen LogP) is 4.08. The summed E-state index contributed by atoms with van der Waals surface area (Å²) in [6.45, 7) is 1.06. The number of aromatic nitrogens is 2. The summed E-state index contributed by atoms with van der Waals surface area (Å²) in [5, 5.41) is 0. The van der Waals surface area contributed by atoms with Crippen molar-refractivity contribution >= 4 is 23.5 Å². The second-order valence-electron chi connectivity index (χ2n) is 5.17. The summed E-state index contributed by atoms with van der Waals surface area (Å²) in [4.78, 5) is 4.14. The van der Waals surface area contributed by atoms with Crippen molar-refractivity contribution in [2.45, 2.75) is 29.9 Å². The van der Waals surface area contributed by atoms with E-state index in [1.807, 2.05) is 12.5 Å². The first-order chi connectivity index (χ1) is 9.86. The van der Waals surface area contributed by atoms with Gasteiger partial charge in [0.05, 0.1) is 10.4 Å². The van der Waals surface area contributed by atoms with Crippen LogP contribution in [0, 0.1) is 0 Å². The van der Waals surface area contributed by atoms with Gasteiger partial charge in [-0.1, -0.05) is 30.3 Å². The highest BCUT2D eigenvalue weighted by atomic mass is 32.2. The van der Waals surface area contributed by atoms with E-state index in [0.717, 1.165) is 13.0 Å². The van der Waals surface area contributed by atoms with Gasteiger partial charge in [-0.2, -0.15) is 0 Å². The van der Waals surface area contributed by atoms with Gasteiger partial charge in [-0.05, 0) is 36.3 Å². The quantitative estimate of drug-likeness (QED) is 0.829. The van der Waals surface area contributed by atoms with E-state index in [2.05, 4.69) is 69.6 Å². The number of hydrogen-bond donors (Lipinski definition) is 0. The molecule has 1 saturated heterocycles. The number of nitrogens with zero attached hydrogens (tertiary/aromatic N) is 2. The summed E-state index contributed by atoms with van der Waals surface area (Å²) >= 11 is 4.31. The molecule has 1 aromatic heterocycles. The van der Waals surface area contributed by atoms with Crippen molar-refractivity contribution < 1.29 is 0 Å². The van der Waals surface area contributed by atoms with Crippen LogP contribution in [0.2, 0.25) is 0 Å². The van der Waals surface area contributed by atoms with E-state index in [0.29, 0.717) is 4.08 Å². The third-order valence-electron chi connectivity index (χ3n) is 3.65. The first-order valence-corrected chi connectivity index (χ1v) is 9.11. The van der Waals surface area contributed by atoms with Gasteiger partial charge in [0.25, 0.3) is 0 Å². The molecule has 2 aromatic rings. The molecule has 0 spiro atoms. The molecule has 0 N–H and O–H groups in total. The highest BCUT2D eigenvalue weighted by molar-refractivity contribution is 8.18. The minimum atomic E-state index is 0.337. The van der Waals surface area contributed by atoms with Crippen LogP contribution >= 0.6 is 23.5 Å². The number of hydrogen-bond acceptors (Lipinski definition) is 3. The third kappa shape index (κ3) is 3.61. The summed E-state index contributed by atoms with van der Waals surface area (Å²) in [5.74, 6) is 2.59. The zero-order valence-electron chi connectivity index (χ0n) is 11.6. The molecule has 0 atom stereocenters. The third-order valence-corrected chi connectivity index (χ3v) is 7.09. The van der Waals surface area contributed by atoms with Crippen molar-refractivity contribution in [2.75, 3.05) is 11.5 Å². The average Bonchev–Trinajstić information content (AvgIpc) is 3.01. The van der Waals surface area contributed by atoms with Crippen LogP contribution in [0.1, 0.15) is 18.4 Å². The Morgan fingerprint density at radius 3 is 2.65 bits per heavy atom. The van der Waals surface area contributed by atoms with Gasteiger partial charge < -0.3 is 4.57 Å². The van der Waals surface area contributed by atoms with Crippen LogP contribution in [-0.4, -0.2) is 25.1 Å². The second-order valence-corrected chi connectivity index (χ2v) is 8.39. The number of thioether (sulfide) groups is 2. The SMILES string of the molecule is c1ccc(CC2(CCn3ccnc3)SCCCS2)cc1. The van der Waals surface area contributed by atoms with Crippen molar-refractivity contribution in [2.24, 2.45) is 0 Å². The molecule has 4 heteroatoms. The number of benzene rings is 1. The van der Waals surface area contributed by atoms with Crippen LogP contribution in [0.5, 0.6) is 0 Å². The van der Waals surface area contributed by atoms with E-state index in [4.69, 9.17) is 0 Å². The van der Waals surface area contributed by atoms with E-state index in [1.165, 1.54) is 29.9 Å². The van der Waals surface area contributed by atoms with E-state index in [9.17, 15) is 0 Å². The summed E-state index contributed by atoms with van der Waals surface area (Å²) in [7, 11) is 0. The molecule has 2 nitrogen and oxygen atoms in total. The second kappa shape index (κ2) is 6.72. The first-order valence-electron chi connectivity index (χ1n) is 7.14. The molecule has 3 rings (SSSR count). The van der Waals surface area contributed by atoms with Gasteiger partial charge in [0.1, 0.15) is 0 Å². The van der Waals surface area contributed by atoms with Gasteiger partial charge in [0, 0.05) is 18.9 Å². The van der Waals surface area contributed by atoms with E-state index in [1.54, 1.807) is 0 Å². The summed E-state index contributed by atoms with van der Waals surface area (Å²) in [6.07, 6.45) is 9.57. The lowest BCUT2D eigenvalue weighted by Gasteiger charge is -2.36. The lowest BCUT2D eigenvalue weighted by molar-refractivity contribution is 0.592. The Hall–Kier alpha value is -0.870. The van der Waals surface area contributed by atoms with Crippen molar-refractivity contribution in [3.05, 3.63) is 54.6 Å². The summed E-state index contributed by atoms with van der Waals surface area (Å²) in [6, 6.07) is 10.9. The molecular formula is C16H20N2S2. The molecule has 1 aromatic carbocycles. The molecule has 0 amide bonds. The maximum atomic E-state index is 4.14. The Morgan fingerprint density at radius 1 is 1.15 bits per heavy atom. The summed E-state index contributed by atoms with van der Waals surface area (Å²) in [5.41, 5.74) is 1.46. The van der Waals surface area contributed by atoms with Crippen molar-refractivity contribution in [1.82, 2.24) is 9.55 Å². The smallest absolute Gasteiger partial charge is 0.0945 e. The monoisotopic (exact) mass is 304 g/mol. The van der Waals surface area contributed by atoms with Crippen LogP contribution < -0.4 is 0 Å². The fourth-order valence-electron chi connectivity index (χ4n) is 2.58. The van der Waals surface area contributed by atoms with Crippen LogP contribution in [-0.2, 0) is 13.0 Å². The Labute approximate surface area is 129 Å². The molecule has 1 aliphatic rings. The number of rotatable bonds is 5. The molecule has 20 heavy (non-hydrogen) atoms. The van der Waals surface area contributed by atoms with Gasteiger partial charge in [-0.25, -0.2) is 4.98 Å². The van der Waals surface area contributed by atoms with Gasteiger partial charge in [-0.15, -0.1) is 23.5 Å². The molecule has 1 fully saturated rings. The number of imidazole rings is 1. The van der Waals surface area contributed by atoms with Gasteiger partial charge in [-0.3, -0.25) is 0 Å². The van der Waals surface area contributed by atoms with Crippen LogP contribution in [0.15, 0.2) is 49.1 Å². The predicted molar refractivity (Wildman–Crippen MR) is 89.3 cm³/mol. The van der Waals surface area contributed by atoms with Crippen LogP contribution in [0.25, 0.3) is 0 Å². The van der Waals surface area contributed by atoms with Crippen LogP contribution in [0.3, 0.4) is 0 Å². The molecule has 0 radical (unpaired) electrons. The largest absolute Gasteiger partial charge is 0.337 e. The first kappa shape index (κ1) is 14.1. The van der Waals surface area contributed by atoms with E-state index in [-0.39, 0.29) is 0 Å². The molecule has 0 unspecified atom stereocenters. The Kier molecular flexibility index (Phi) is 4.73. The molecule has 1 aliphatic heterocycles. The average molecular weight is 304 g/mol. The minimum absolute atomic E-state index is 0.337. The Balaban J connectivity index is 1.70. The standard InChI is InChI=1S/C16H20N2S2/c1-2-5-15(6-3-1)13-16(19-11-4-12-20-16)7-9-18-10-8-17-14-18/h1-3,5-6,8,10,14H,4,7,9,11-13H2. The maximum absolute atomic E-state index is 4.14. The highest BCUT2D eigenvalue weighted by Gasteiger charge is 2.33. The van der Waals surface area contributed by atoms with Crippen molar-refractivity contribution in [3.8, 4) is 0 Å². The highest BCUT2D eigenvalue weighted by Crippen LogP contribution is 2.47. The van der Waals surface area contributed by atoms with Crippen LogP contribution in [0.4, 0.5) is 0 Å². The van der Waals surface area contributed by atoms with Gasteiger partial charge >= 0.3 is 0 Å². The van der Waals surface area contributed by atoms with Gasteiger partial charge in [0.2, 0.25) is 0 Å². The van der Waals surface area contributed by atoms with E-state index < -0.39 is 0 Å². The fraction of sp³-hybridized carbons (Fsp3) is 0.438. The Morgan fingerprint density at radius 2 is 1.95 bits per heavy atom.